The first-order valence-electron chi connectivity index (χ1n) is 7.88. The van der Waals surface area contributed by atoms with Crippen molar-refractivity contribution in [1.29, 1.82) is 0 Å². The van der Waals surface area contributed by atoms with Crippen LogP contribution in [-0.4, -0.2) is 35.4 Å². The van der Waals surface area contributed by atoms with Gasteiger partial charge in [0.1, 0.15) is 16.5 Å². The largest absolute Gasteiger partial charge is 0.465 e. The van der Waals surface area contributed by atoms with E-state index in [1.165, 1.54) is 30.3 Å². The molecule has 2 aromatic heterocycles. The Morgan fingerprint density at radius 2 is 2.30 bits per heavy atom. The van der Waals surface area contributed by atoms with E-state index in [2.05, 4.69) is 15.2 Å². The third kappa shape index (κ3) is 4.30. The van der Waals surface area contributed by atoms with Crippen molar-refractivity contribution < 1.29 is 9.21 Å². The van der Waals surface area contributed by atoms with Crippen LogP contribution in [0.2, 0.25) is 0 Å². The molecule has 0 saturated carbocycles. The fourth-order valence-corrected chi connectivity index (χ4v) is 3.34. The van der Waals surface area contributed by atoms with E-state index in [0.717, 1.165) is 29.6 Å². The van der Waals surface area contributed by atoms with Crippen LogP contribution < -0.4 is 5.32 Å². The number of aromatic nitrogens is 1. The lowest BCUT2D eigenvalue weighted by Gasteiger charge is -2.25. The van der Waals surface area contributed by atoms with Gasteiger partial charge < -0.3 is 9.73 Å². The highest BCUT2D eigenvalue weighted by Crippen LogP contribution is 2.26. The molecule has 1 amide bonds. The van der Waals surface area contributed by atoms with E-state index in [0.29, 0.717) is 6.54 Å². The Labute approximate surface area is 140 Å². The molecular weight excluding hydrogens is 310 g/mol. The molecule has 0 bridgehead atoms. The summed E-state index contributed by atoms with van der Waals surface area (Å²) in [7, 11) is 0. The fraction of sp³-hybridized carbons (Fsp3) is 0.412. The number of furan rings is 1. The number of amides is 1. The lowest BCUT2D eigenvalue weighted by molar-refractivity contribution is -0.116. The summed E-state index contributed by atoms with van der Waals surface area (Å²) in [5.74, 6) is 1.72. The molecule has 5 nitrogen and oxygen atoms in total. The number of carbonyl (C=O) groups is 1. The molecule has 1 saturated heterocycles. The van der Waals surface area contributed by atoms with Gasteiger partial charge in [-0.3, -0.25) is 9.69 Å². The third-order valence-electron chi connectivity index (χ3n) is 3.97. The molecule has 122 valence electrons. The van der Waals surface area contributed by atoms with Crippen LogP contribution in [0, 0.1) is 6.92 Å². The smallest absolute Gasteiger partial charge is 0.244 e. The quantitative estimate of drug-likeness (QED) is 0.827. The van der Waals surface area contributed by atoms with Gasteiger partial charge in [0.05, 0.1) is 6.04 Å². The molecule has 3 rings (SSSR count). The fourth-order valence-electron chi connectivity index (χ4n) is 2.82. The van der Waals surface area contributed by atoms with E-state index in [1.807, 2.05) is 24.4 Å². The Kier molecular flexibility index (Phi) is 5.25. The van der Waals surface area contributed by atoms with E-state index < -0.39 is 0 Å². The van der Waals surface area contributed by atoms with Crippen molar-refractivity contribution in [2.24, 2.45) is 0 Å². The van der Waals surface area contributed by atoms with Crippen LogP contribution in [0.15, 0.2) is 34.2 Å². The van der Waals surface area contributed by atoms with E-state index in [-0.39, 0.29) is 11.9 Å². The van der Waals surface area contributed by atoms with E-state index in [4.69, 9.17) is 4.42 Å². The zero-order valence-electron chi connectivity index (χ0n) is 13.2. The van der Waals surface area contributed by atoms with Crippen LogP contribution in [-0.2, 0) is 4.79 Å². The number of nitrogens with zero attached hydrogens (tertiary/aromatic N) is 2. The van der Waals surface area contributed by atoms with E-state index in [9.17, 15) is 4.79 Å². The van der Waals surface area contributed by atoms with Crippen LogP contribution in [0.3, 0.4) is 0 Å². The summed E-state index contributed by atoms with van der Waals surface area (Å²) in [5.41, 5.74) is 0. The lowest BCUT2D eigenvalue weighted by Crippen LogP contribution is -2.36. The molecule has 1 atom stereocenters. The normalized spacial score (nSPS) is 16.9. The van der Waals surface area contributed by atoms with Crippen LogP contribution in [0.1, 0.15) is 35.4 Å². The van der Waals surface area contributed by atoms with Crippen LogP contribution in [0.4, 0.5) is 0 Å². The Morgan fingerprint density at radius 1 is 1.48 bits per heavy atom. The summed E-state index contributed by atoms with van der Waals surface area (Å²) in [6.45, 7) is 4.60. The monoisotopic (exact) mass is 331 g/mol. The average molecular weight is 331 g/mol. The number of carbonyl (C=O) groups excluding carboxylic acids is 1. The van der Waals surface area contributed by atoms with Crippen molar-refractivity contribution in [2.75, 3.05) is 19.6 Å². The number of likely N-dealkylation sites (tertiary alicyclic amines) is 1. The molecule has 1 N–H and O–H groups in total. The Balaban J connectivity index is 1.61. The summed E-state index contributed by atoms with van der Waals surface area (Å²) in [6.07, 6.45) is 7.40. The highest BCUT2D eigenvalue weighted by atomic mass is 32.1. The molecule has 1 fully saturated rings. The first-order valence-corrected chi connectivity index (χ1v) is 8.76. The first-order chi connectivity index (χ1) is 11.2. The van der Waals surface area contributed by atoms with Crippen LogP contribution >= 0.6 is 11.3 Å². The Bertz CT molecular complexity index is 657. The molecule has 1 aliphatic rings. The van der Waals surface area contributed by atoms with Gasteiger partial charge in [-0.1, -0.05) is 0 Å². The second-order valence-electron chi connectivity index (χ2n) is 5.66. The maximum Gasteiger partial charge on any atom is 0.244 e. The van der Waals surface area contributed by atoms with Crippen molar-refractivity contribution in [2.45, 2.75) is 25.8 Å². The van der Waals surface area contributed by atoms with Crippen LogP contribution in [0.25, 0.3) is 6.08 Å². The molecule has 23 heavy (non-hydrogen) atoms. The van der Waals surface area contributed by atoms with Crippen molar-refractivity contribution in [3.8, 4) is 0 Å². The summed E-state index contributed by atoms with van der Waals surface area (Å²) in [4.78, 5) is 18.5. The number of rotatable bonds is 6. The molecule has 0 aromatic carbocycles. The van der Waals surface area contributed by atoms with Gasteiger partial charge in [0.25, 0.3) is 0 Å². The van der Waals surface area contributed by atoms with Gasteiger partial charge in [-0.25, -0.2) is 4.98 Å². The molecule has 0 aliphatic carbocycles. The second kappa shape index (κ2) is 7.57. The highest BCUT2D eigenvalue weighted by molar-refractivity contribution is 7.10. The van der Waals surface area contributed by atoms with Gasteiger partial charge in [-0.05, 0) is 51.1 Å². The second-order valence-corrected chi connectivity index (χ2v) is 6.58. The van der Waals surface area contributed by atoms with Crippen molar-refractivity contribution >= 4 is 23.3 Å². The lowest BCUT2D eigenvalue weighted by atomic mass is 10.2. The van der Waals surface area contributed by atoms with Gasteiger partial charge >= 0.3 is 0 Å². The van der Waals surface area contributed by atoms with Crippen molar-refractivity contribution in [3.05, 3.63) is 46.3 Å². The SMILES string of the molecule is Cc1ccc([C@@H](CNC(=O)/C=C\c2nccs2)N2CCCC2)o1. The van der Waals surface area contributed by atoms with E-state index in [1.54, 1.807) is 12.3 Å². The number of nitrogens with one attached hydrogen (secondary N) is 1. The number of thiazole rings is 1. The standard InChI is InChI=1S/C17H21N3O2S/c1-13-4-5-15(22-13)14(20-9-2-3-10-20)12-19-16(21)6-7-17-18-8-11-23-17/h4-8,11,14H,2-3,9-10,12H2,1H3,(H,19,21)/b7-6-/t14-/m1/s1. The van der Waals surface area contributed by atoms with Crippen molar-refractivity contribution in [3.63, 3.8) is 0 Å². The predicted octanol–water partition coefficient (Wildman–Crippen LogP) is 3.01. The summed E-state index contributed by atoms with van der Waals surface area (Å²) >= 11 is 1.51. The summed E-state index contributed by atoms with van der Waals surface area (Å²) < 4.78 is 5.79. The number of aryl methyl sites for hydroxylation is 1. The van der Waals surface area contributed by atoms with Gasteiger partial charge in [0.15, 0.2) is 0 Å². The van der Waals surface area contributed by atoms with E-state index >= 15 is 0 Å². The molecule has 2 aromatic rings. The first kappa shape index (κ1) is 16.0. The topological polar surface area (TPSA) is 58.4 Å². The average Bonchev–Trinajstić information content (AvgIpc) is 3.28. The predicted molar refractivity (Wildman–Crippen MR) is 91.2 cm³/mol. The minimum Gasteiger partial charge on any atom is -0.465 e. The maximum atomic E-state index is 12.0. The molecule has 0 unspecified atom stereocenters. The van der Waals surface area contributed by atoms with Crippen LogP contribution in [0.5, 0.6) is 0 Å². The van der Waals surface area contributed by atoms with Gasteiger partial charge in [-0.2, -0.15) is 0 Å². The molecule has 3 heterocycles. The zero-order valence-corrected chi connectivity index (χ0v) is 14.0. The van der Waals surface area contributed by atoms with Gasteiger partial charge in [0, 0.05) is 24.2 Å². The maximum absolute atomic E-state index is 12.0. The third-order valence-corrected chi connectivity index (χ3v) is 4.71. The highest BCUT2D eigenvalue weighted by Gasteiger charge is 2.26. The van der Waals surface area contributed by atoms with Gasteiger partial charge in [-0.15, -0.1) is 11.3 Å². The number of hydrogen-bond donors (Lipinski definition) is 1. The molecule has 0 radical (unpaired) electrons. The van der Waals surface area contributed by atoms with Crippen molar-refractivity contribution in [1.82, 2.24) is 15.2 Å². The molecule has 1 aliphatic heterocycles. The zero-order chi connectivity index (χ0) is 16.1. The van der Waals surface area contributed by atoms with Gasteiger partial charge in [0.2, 0.25) is 5.91 Å². The molecule has 0 spiro atoms. The Hall–Kier alpha value is -1.92. The minimum atomic E-state index is -0.104. The molecule has 6 heteroatoms. The molecular formula is C17H21N3O2S. The summed E-state index contributed by atoms with van der Waals surface area (Å²) in [5, 5.41) is 5.70. The minimum absolute atomic E-state index is 0.100. The number of hydrogen-bond acceptors (Lipinski definition) is 5. The summed E-state index contributed by atoms with van der Waals surface area (Å²) in [6, 6.07) is 4.08. The Morgan fingerprint density at radius 3 is 2.96 bits per heavy atom.